The van der Waals surface area contributed by atoms with E-state index >= 15 is 0 Å². The summed E-state index contributed by atoms with van der Waals surface area (Å²) in [7, 11) is 1.56. The zero-order valence-electron chi connectivity index (χ0n) is 18.2. The summed E-state index contributed by atoms with van der Waals surface area (Å²) in [5.74, 6) is 3.97. The van der Waals surface area contributed by atoms with Gasteiger partial charge in [-0.3, -0.25) is 9.59 Å². The number of aliphatic hydroxyl groups excluding tert-OH is 1. The molecule has 0 aromatic heterocycles. The molecule has 4 unspecified atom stereocenters. The van der Waals surface area contributed by atoms with Gasteiger partial charge in [0.2, 0.25) is 12.8 Å². The second kappa shape index (κ2) is 16.9. The van der Waals surface area contributed by atoms with Crippen LogP contribution in [0, 0.1) is 23.7 Å². The molecule has 0 fully saturated rings. The summed E-state index contributed by atoms with van der Waals surface area (Å²) in [6.07, 6.45) is 7.33. The summed E-state index contributed by atoms with van der Waals surface area (Å²) >= 11 is 0. The van der Waals surface area contributed by atoms with Gasteiger partial charge in [-0.2, -0.15) is 0 Å². The number of carboxylic acids is 1. The molecule has 0 aliphatic carbocycles. The Morgan fingerprint density at radius 2 is 2.03 bits per heavy atom. The van der Waals surface area contributed by atoms with Crippen molar-refractivity contribution in [1.29, 1.82) is 0 Å². The van der Waals surface area contributed by atoms with Crippen LogP contribution in [0.2, 0.25) is 0 Å². The van der Waals surface area contributed by atoms with Crippen LogP contribution in [0.25, 0.3) is 0 Å². The maximum Gasteiger partial charge on any atom is 1.00 e. The van der Waals surface area contributed by atoms with Crippen LogP contribution in [0.5, 0.6) is 0 Å². The van der Waals surface area contributed by atoms with Crippen molar-refractivity contribution in [2.45, 2.75) is 39.3 Å². The summed E-state index contributed by atoms with van der Waals surface area (Å²) in [6, 6.07) is -0.435. The molecule has 9 heteroatoms. The molecule has 0 radical (unpaired) electrons. The molecule has 3 N–H and O–H groups in total. The number of carbonyl (C=O) groups is 3. The van der Waals surface area contributed by atoms with Crippen LogP contribution in [0.4, 0.5) is 0 Å². The van der Waals surface area contributed by atoms with Crippen molar-refractivity contribution in [3.05, 3.63) is 35.6 Å². The van der Waals surface area contributed by atoms with Gasteiger partial charge in [0, 0.05) is 19.1 Å². The molecule has 2 amide bonds. The Hall–Kier alpha value is -1.89. The van der Waals surface area contributed by atoms with Crippen molar-refractivity contribution in [3.63, 3.8) is 0 Å². The van der Waals surface area contributed by atoms with Gasteiger partial charge in [0.25, 0.3) is 0 Å². The summed E-state index contributed by atoms with van der Waals surface area (Å²) in [6.45, 7) is 5.62. The van der Waals surface area contributed by atoms with E-state index in [2.05, 4.69) is 17.6 Å². The van der Waals surface area contributed by atoms with Crippen LogP contribution in [0.1, 0.15) is 27.2 Å². The molecule has 0 bridgehead atoms. The van der Waals surface area contributed by atoms with E-state index < -0.39 is 18.1 Å². The van der Waals surface area contributed by atoms with E-state index in [0.29, 0.717) is 25.0 Å². The van der Waals surface area contributed by atoms with Crippen LogP contribution in [-0.4, -0.2) is 54.7 Å². The first kappa shape index (κ1) is 30.3. The number of hydrogen-bond acceptors (Lipinski definition) is 6. The third-order valence-electron chi connectivity index (χ3n) is 4.42. The molecular formula is C21H29N2NaO6. The Morgan fingerprint density at radius 3 is 2.47 bits per heavy atom. The van der Waals surface area contributed by atoms with Gasteiger partial charge in [0.1, 0.15) is 0 Å². The van der Waals surface area contributed by atoms with Crippen molar-refractivity contribution in [2.75, 3.05) is 13.7 Å². The number of aliphatic hydroxyl groups is 1. The second-order valence-corrected chi connectivity index (χ2v) is 6.39. The molecule has 0 spiro atoms. The van der Waals surface area contributed by atoms with Gasteiger partial charge in [-0.05, 0) is 31.9 Å². The van der Waals surface area contributed by atoms with Gasteiger partial charge in [-0.15, -0.1) is 0 Å². The fourth-order valence-electron chi connectivity index (χ4n) is 2.82. The molecule has 1 aliphatic rings. The zero-order valence-corrected chi connectivity index (χ0v) is 20.2. The number of aliphatic carboxylic acids is 1. The minimum absolute atomic E-state index is 0. The third kappa shape index (κ3) is 9.74. The Bertz CT molecular complexity index is 706. The number of amides is 2. The topological polar surface area (TPSA) is 133 Å². The van der Waals surface area contributed by atoms with E-state index in [9.17, 15) is 19.8 Å². The molecule has 0 aromatic carbocycles. The monoisotopic (exact) mass is 428 g/mol. The number of allylic oxidation sites excluding steroid dienone is 3. The van der Waals surface area contributed by atoms with Crippen LogP contribution in [0.3, 0.4) is 0 Å². The van der Waals surface area contributed by atoms with E-state index in [-0.39, 0.29) is 53.5 Å². The molecule has 4 atom stereocenters. The molecule has 30 heavy (non-hydrogen) atoms. The largest absolute Gasteiger partial charge is 1.00 e. The quantitative estimate of drug-likeness (QED) is 0.237. The van der Waals surface area contributed by atoms with Crippen LogP contribution >= 0.6 is 0 Å². The van der Waals surface area contributed by atoms with Gasteiger partial charge >= 0.3 is 29.6 Å². The molecule has 1 aliphatic heterocycles. The first-order valence-electron chi connectivity index (χ1n) is 9.09. The van der Waals surface area contributed by atoms with Gasteiger partial charge in [0.05, 0.1) is 30.3 Å². The number of primary amides is 1. The Kier molecular flexibility index (Phi) is 17.0. The Morgan fingerprint density at radius 1 is 1.43 bits per heavy atom. The van der Waals surface area contributed by atoms with E-state index in [0.717, 1.165) is 4.90 Å². The van der Waals surface area contributed by atoms with Crippen LogP contribution in [0.15, 0.2) is 35.6 Å². The molecule has 0 saturated carbocycles. The van der Waals surface area contributed by atoms with Crippen molar-refractivity contribution < 1.29 is 58.9 Å². The Balaban J connectivity index is 0. The first-order valence-corrected chi connectivity index (χ1v) is 9.09. The van der Waals surface area contributed by atoms with E-state index in [1.165, 1.54) is 0 Å². The molecular weight excluding hydrogens is 399 g/mol. The number of nitrogens with two attached hydrogens (primary N) is 1. The zero-order chi connectivity index (χ0) is 22.4. The average molecular weight is 428 g/mol. The maximum atomic E-state index is 11.6. The van der Waals surface area contributed by atoms with Gasteiger partial charge in [-0.1, -0.05) is 37.0 Å². The number of nitrogens with zero attached hydrogens (tertiary/aromatic N) is 1. The van der Waals surface area contributed by atoms with Crippen molar-refractivity contribution >= 4 is 18.8 Å². The molecule has 1 rings (SSSR count). The summed E-state index contributed by atoms with van der Waals surface area (Å²) in [4.78, 5) is 32.8. The number of carbonyl (C=O) groups excluding carboxylic acids is 3. The summed E-state index contributed by atoms with van der Waals surface area (Å²) < 4.78 is 5.14. The van der Waals surface area contributed by atoms with Crippen molar-refractivity contribution in [1.82, 2.24) is 4.90 Å². The van der Waals surface area contributed by atoms with Gasteiger partial charge in [-0.25, -0.2) is 0 Å². The number of carboxylic acid groups (broad SMARTS) is 1. The standard InChI is InChI=1S/C20H27NO5.CH3NO.Na/c1-5-6-7-8-16(12-26-4)9-10-17-11-18(14(2)15(3)23)21(13-22)19(17)20(24)25;2-1-3;/h5-6,9-10,13-16,18,23H,11-12H2,1-4H3,(H,24,25);1H,(H2,2,3);/q;;+1/p-1/b6-5-,10-9+;;. The minimum atomic E-state index is -1.42. The number of ether oxygens (including phenoxy) is 1. The van der Waals surface area contributed by atoms with Crippen molar-refractivity contribution in [2.24, 2.45) is 17.6 Å². The van der Waals surface area contributed by atoms with Crippen LogP contribution < -0.4 is 40.4 Å². The Labute approximate surface area is 200 Å². The fourth-order valence-corrected chi connectivity index (χ4v) is 2.82. The summed E-state index contributed by atoms with van der Waals surface area (Å²) in [5.41, 5.74) is 4.48. The second-order valence-electron chi connectivity index (χ2n) is 6.39. The first-order chi connectivity index (χ1) is 13.8. The number of methoxy groups -OCH3 is 1. The SMILES string of the molecule is C/C=C\C#CC(/C=C/C1=C(C(=O)[O-])N(C=O)C(C(C)C(C)O)C1)COC.NC=O.[Na+]. The van der Waals surface area contributed by atoms with Crippen molar-refractivity contribution in [3.8, 4) is 11.8 Å². The van der Waals surface area contributed by atoms with E-state index in [4.69, 9.17) is 9.53 Å². The molecule has 160 valence electrons. The summed E-state index contributed by atoms with van der Waals surface area (Å²) in [5, 5.41) is 21.4. The number of hydrogen-bond donors (Lipinski definition) is 2. The number of rotatable bonds is 8. The maximum absolute atomic E-state index is 11.6. The smallest absolute Gasteiger partial charge is 0.543 e. The fraction of sp³-hybridized carbons (Fsp3) is 0.476. The predicted molar refractivity (Wildman–Crippen MR) is 107 cm³/mol. The molecule has 8 nitrogen and oxygen atoms in total. The minimum Gasteiger partial charge on any atom is -0.543 e. The molecule has 1 heterocycles. The average Bonchev–Trinajstić information content (AvgIpc) is 3.04. The molecule has 0 saturated heterocycles. The molecule has 0 aromatic rings. The van der Waals surface area contributed by atoms with Crippen LogP contribution in [-0.2, 0) is 19.1 Å². The normalized spacial score (nSPS) is 18.6. The van der Waals surface area contributed by atoms with Gasteiger partial charge in [0.15, 0.2) is 0 Å². The van der Waals surface area contributed by atoms with E-state index in [1.807, 2.05) is 13.0 Å². The predicted octanol–water partition coefficient (Wildman–Crippen LogP) is -3.26. The van der Waals surface area contributed by atoms with Gasteiger partial charge < -0.3 is 30.4 Å². The van der Waals surface area contributed by atoms with E-state index in [1.54, 1.807) is 39.2 Å². The third-order valence-corrected chi connectivity index (χ3v) is 4.42.